The molecule has 0 saturated carbocycles. The predicted molar refractivity (Wildman–Crippen MR) is 82.0 cm³/mol. The lowest BCUT2D eigenvalue weighted by Gasteiger charge is -2.06. The number of rotatable bonds is 7. The summed E-state index contributed by atoms with van der Waals surface area (Å²) in [5.74, 6) is 0.515. The molecule has 0 spiro atoms. The van der Waals surface area contributed by atoms with Crippen molar-refractivity contribution in [3.8, 4) is 0 Å². The molecule has 1 heterocycles. The first-order valence-electron chi connectivity index (χ1n) is 7.22. The molecule has 1 aromatic carbocycles. The van der Waals surface area contributed by atoms with Crippen LogP contribution in [0.4, 0.5) is 5.69 Å². The zero-order valence-electron chi connectivity index (χ0n) is 12.5. The number of aromatic nitrogens is 1. The van der Waals surface area contributed by atoms with Gasteiger partial charge in [0.1, 0.15) is 0 Å². The van der Waals surface area contributed by atoms with Gasteiger partial charge >= 0.3 is 0 Å². The quantitative estimate of drug-likeness (QED) is 0.821. The van der Waals surface area contributed by atoms with Crippen molar-refractivity contribution in [2.24, 2.45) is 0 Å². The summed E-state index contributed by atoms with van der Waals surface area (Å²) in [5, 5.41) is 9.13. The Bertz CT molecular complexity index is 606. The highest BCUT2D eigenvalue weighted by Gasteiger charge is 2.06. The number of carbonyl (C=O) groups is 2. The van der Waals surface area contributed by atoms with Crippen molar-refractivity contribution in [1.29, 1.82) is 0 Å². The van der Waals surface area contributed by atoms with Gasteiger partial charge in [-0.25, -0.2) is 0 Å². The van der Waals surface area contributed by atoms with Crippen molar-refractivity contribution >= 4 is 17.5 Å². The summed E-state index contributed by atoms with van der Waals surface area (Å²) in [4.78, 5) is 23.3. The Morgan fingerprint density at radius 2 is 1.91 bits per heavy atom. The van der Waals surface area contributed by atoms with Crippen LogP contribution in [0.2, 0.25) is 0 Å². The summed E-state index contributed by atoms with van der Waals surface area (Å²) in [5.41, 5.74) is 1.62. The van der Waals surface area contributed by atoms with E-state index in [1.807, 2.05) is 19.1 Å². The molecular formula is C16H19N3O3. The molecule has 1 aromatic heterocycles. The fraction of sp³-hybridized carbons (Fsp3) is 0.312. The first-order valence-corrected chi connectivity index (χ1v) is 7.22. The summed E-state index contributed by atoms with van der Waals surface area (Å²) < 4.78 is 4.90. The predicted octanol–water partition coefficient (Wildman–Crippen LogP) is 2.27. The monoisotopic (exact) mass is 301 g/mol. The second-order valence-corrected chi connectivity index (χ2v) is 4.93. The van der Waals surface area contributed by atoms with Crippen molar-refractivity contribution in [2.75, 3.05) is 5.32 Å². The lowest BCUT2D eigenvalue weighted by molar-refractivity contribution is -0.120. The highest BCUT2D eigenvalue weighted by molar-refractivity contribution is 5.90. The summed E-state index contributed by atoms with van der Waals surface area (Å²) in [6.45, 7) is 2.28. The average molecular weight is 301 g/mol. The van der Waals surface area contributed by atoms with Gasteiger partial charge in [0.2, 0.25) is 11.8 Å². The van der Waals surface area contributed by atoms with E-state index in [9.17, 15) is 9.59 Å². The number of carbonyl (C=O) groups excluding carboxylic acids is 2. The second kappa shape index (κ2) is 7.97. The summed E-state index contributed by atoms with van der Waals surface area (Å²) >= 11 is 0. The Morgan fingerprint density at radius 3 is 2.55 bits per heavy atom. The van der Waals surface area contributed by atoms with Crippen LogP contribution in [0.1, 0.15) is 31.1 Å². The van der Waals surface area contributed by atoms with Gasteiger partial charge in [-0.3, -0.25) is 9.59 Å². The van der Waals surface area contributed by atoms with Gasteiger partial charge in [0.25, 0.3) is 0 Å². The average Bonchev–Trinajstić information content (AvgIpc) is 3.01. The molecule has 2 aromatic rings. The Morgan fingerprint density at radius 1 is 1.14 bits per heavy atom. The molecule has 6 heteroatoms. The molecule has 0 unspecified atom stereocenters. The van der Waals surface area contributed by atoms with Crippen LogP contribution in [-0.4, -0.2) is 17.0 Å². The van der Waals surface area contributed by atoms with E-state index in [0.717, 1.165) is 17.7 Å². The zero-order valence-corrected chi connectivity index (χ0v) is 12.5. The fourth-order valence-electron chi connectivity index (χ4n) is 1.92. The number of anilines is 1. The minimum absolute atomic E-state index is 0.0000466. The van der Waals surface area contributed by atoms with Gasteiger partial charge in [0.15, 0.2) is 5.76 Å². The molecule has 22 heavy (non-hydrogen) atoms. The van der Waals surface area contributed by atoms with Crippen LogP contribution < -0.4 is 10.6 Å². The molecule has 0 aliphatic heterocycles. The van der Waals surface area contributed by atoms with Crippen molar-refractivity contribution in [3.63, 3.8) is 0 Å². The van der Waals surface area contributed by atoms with E-state index in [1.54, 1.807) is 18.2 Å². The smallest absolute Gasteiger partial charge is 0.224 e. The first kappa shape index (κ1) is 15.8. The molecule has 2 rings (SSSR count). The molecule has 0 aliphatic rings. The van der Waals surface area contributed by atoms with Crippen LogP contribution >= 0.6 is 0 Å². The fourth-order valence-corrected chi connectivity index (χ4v) is 1.92. The molecule has 0 fully saturated rings. The van der Waals surface area contributed by atoms with Crippen LogP contribution in [0.25, 0.3) is 0 Å². The second-order valence-electron chi connectivity index (χ2n) is 4.93. The first-order chi connectivity index (χ1) is 10.7. The number of benzene rings is 1. The van der Waals surface area contributed by atoms with Crippen LogP contribution in [0, 0.1) is 0 Å². The molecule has 6 nitrogen and oxygen atoms in total. The zero-order chi connectivity index (χ0) is 15.8. The van der Waals surface area contributed by atoms with Gasteiger partial charge in [-0.05, 0) is 24.1 Å². The van der Waals surface area contributed by atoms with E-state index in [-0.39, 0.29) is 18.2 Å². The van der Waals surface area contributed by atoms with E-state index in [4.69, 9.17) is 4.52 Å². The van der Waals surface area contributed by atoms with E-state index in [1.165, 1.54) is 6.20 Å². The molecule has 2 amide bonds. The molecule has 0 aliphatic carbocycles. The minimum Gasteiger partial charge on any atom is -0.360 e. The summed E-state index contributed by atoms with van der Waals surface area (Å²) in [6.07, 6.45) is 3.13. The van der Waals surface area contributed by atoms with E-state index < -0.39 is 0 Å². The van der Waals surface area contributed by atoms with Gasteiger partial charge in [-0.15, -0.1) is 0 Å². The van der Waals surface area contributed by atoms with Crippen molar-refractivity contribution in [1.82, 2.24) is 10.5 Å². The Hall–Kier alpha value is -2.63. The van der Waals surface area contributed by atoms with Crippen molar-refractivity contribution < 1.29 is 14.1 Å². The normalized spacial score (nSPS) is 10.2. The van der Waals surface area contributed by atoms with Gasteiger partial charge in [0.05, 0.1) is 19.2 Å². The highest BCUT2D eigenvalue weighted by atomic mass is 16.5. The molecule has 2 N–H and O–H groups in total. The maximum absolute atomic E-state index is 11.8. The summed E-state index contributed by atoms with van der Waals surface area (Å²) in [7, 11) is 0. The number of hydrogen-bond donors (Lipinski definition) is 2. The lowest BCUT2D eigenvalue weighted by Crippen LogP contribution is -2.24. The van der Waals surface area contributed by atoms with Gasteiger partial charge in [-0.1, -0.05) is 24.2 Å². The third-order valence-corrected chi connectivity index (χ3v) is 3.03. The molecule has 116 valence electrons. The van der Waals surface area contributed by atoms with E-state index in [2.05, 4.69) is 15.8 Å². The number of amides is 2. The van der Waals surface area contributed by atoms with Gasteiger partial charge in [0, 0.05) is 18.2 Å². The third-order valence-electron chi connectivity index (χ3n) is 3.03. The van der Waals surface area contributed by atoms with Crippen LogP contribution in [-0.2, 0) is 22.6 Å². The summed E-state index contributed by atoms with van der Waals surface area (Å²) in [6, 6.07) is 8.96. The molecule has 0 atom stereocenters. The lowest BCUT2D eigenvalue weighted by atomic mass is 10.1. The Balaban J connectivity index is 1.80. The topological polar surface area (TPSA) is 84.2 Å². The van der Waals surface area contributed by atoms with E-state index in [0.29, 0.717) is 18.7 Å². The standard InChI is InChI=1S/C16H19N3O3/c1-2-3-15(20)19-13-6-4-12(5-7-13)10-16(21)17-11-14-8-9-18-22-14/h4-9H,2-3,10-11H2,1H3,(H,17,21)(H,19,20). The number of nitrogens with one attached hydrogen (secondary N) is 2. The number of nitrogens with zero attached hydrogens (tertiary/aromatic N) is 1. The van der Waals surface area contributed by atoms with Crippen molar-refractivity contribution in [3.05, 3.63) is 47.9 Å². The minimum atomic E-state index is -0.0980. The number of hydrogen-bond acceptors (Lipinski definition) is 4. The Labute approximate surface area is 128 Å². The van der Waals surface area contributed by atoms with Crippen LogP contribution in [0.3, 0.4) is 0 Å². The van der Waals surface area contributed by atoms with Crippen LogP contribution in [0.15, 0.2) is 41.1 Å². The maximum atomic E-state index is 11.8. The molecule has 0 bridgehead atoms. The maximum Gasteiger partial charge on any atom is 0.224 e. The van der Waals surface area contributed by atoms with Gasteiger partial charge in [-0.2, -0.15) is 0 Å². The Kier molecular flexibility index (Phi) is 5.71. The highest BCUT2D eigenvalue weighted by Crippen LogP contribution is 2.11. The molecular weight excluding hydrogens is 282 g/mol. The van der Waals surface area contributed by atoms with Crippen LogP contribution in [0.5, 0.6) is 0 Å². The van der Waals surface area contributed by atoms with Gasteiger partial charge < -0.3 is 15.2 Å². The SMILES string of the molecule is CCCC(=O)Nc1ccc(CC(=O)NCc2ccno2)cc1. The third kappa shape index (κ3) is 5.05. The van der Waals surface area contributed by atoms with E-state index >= 15 is 0 Å². The van der Waals surface area contributed by atoms with Crippen molar-refractivity contribution in [2.45, 2.75) is 32.7 Å². The molecule has 0 radical (unpaired) electrons. The largest absolute Gasteiger partial charge is 0.360 e. The molecule has 0 saturated heterocycles.